The van der Waals surface area contributed by atoms with Gasteiger partial charge in [0.1, 0.15) is 0 Å². The fourth-order valence-corrected chi connectivity index (χ4v) is 3.23. The van der Waals surface area contributed by atoms with E-state index in [1.54, 1.807) is 0 Å². The van der Waals surface area contributed by atoms with Crippen molar-refractivity contribution in [3.8, 4) is 0 Å². The fraction of sp³-hybridized carbons (Fsp3) is 1.00. The number of hydrogen-bond acceptors (Lipinski definition) is 2. The topological polar surface area (TPSA) is 12.0 Å². The van der Waals surface area contributed by atoms with Gasteiger partial charge in [-0.1, -0.05) is 26.7 Å². The average molecular weight is 187 g/mol. The monoisotopic (exact) mass is 187 g/mol. The van der Waals surface area contributed by atoms with Crippen molar-refractivity contribution in [3.63, 3.8) is 0 Å². The van der Waals surface area contributed by atoms with Gasteiger partial charge in [0, 0.05) is 17.0 Å². The molecule has 0 aliphatic heterocycles. The van der Waals surface area contributed by atoms with Gasteiger partial charge in [-0.25, -0.2) is 0 Å². The minimum atomic E-state index is 0.799. The Kier molecular flexibility index (Phi) is 5.08. The average Bonchev–Trinajstić information content (AvgIpc) is 2.53. The van der Waals surface area contributed by atoms with Crippen molar-refractivity contribution in [1.29, 1.82) is 0 Å². The minimum Gasteiger partial charge on any atom is -0.316 e. The summed E-state index contributed by atoms with van der Waals surface area (Å²) in [4.78, 5) is 0. The van der Waals surface area contributed by atoms with Crippen molar-refractivity contribution < 1.29 is 0 Å². The zero-order chi connectivity index (χ0) is 8.81. The van der Waals surface area contributed by atoms with Gasteiger partial charge in [0.15, 0.2) is 0 Å². The van der Waals surface area contributed by atoms with E-state index in [0.717, 1.165) is 17.0 Å². The lowest BCUT2D eigenvalue weighted by Crippen LogP contribution is -2.23. The molecule has 12 heavy (non-hydrogen) atoms. The summed E-state index contributed by atoms with van der Waals surface area (Å²) >= 11 is 2.18. The van der Waals surface area contributed by atoms with E-state index in [1.165, 1.54) is 32.2 Å². The second kappa shape index (κ2) is 5.87. The molecule has 0 aromatic rings. The number of nitrogens with one attached hydrogen (secondary N) is 1. The first kappa shape index (κ1) is 10.4. The predicted molar refractivity (Wildman–Crippen MR) is 57.9 cm³/mol. The molecule has 1 aliphatic rings. The van der Waals surface area contributed by atoms with Gasteiger partial charge in [-0.15, -0.1) is 0 Å². The van der Waals surface area contributed by atoms with Gasteiger partial charge >= 0.3 is 0 Å². The quantitative estimate of drug-likeness (QED) is 0.710. The Morgan fingerprint density at radius 2 is 2.08 bits per heavy atom. The van der Waals surface area contributed by atoms with Crippen molar-refractivity contribution in [2.45, 2.75) is 50.0 Å². The molecule has 1 saturated carbocycles. The smallest absolute Gasteiger partial charge is 0.0146 e. The summed E-state index contributed by atoms with van der Waals surface area (Å²) in [7, 11) is 0. The molecular formula is C10H21NS. The minimum absolute atomic E-state index is 0.799. The molecule has 0 bridgehead atoms. The lowest BCUT2D eigenvalue weighted by molar-refractivity contribution is 0.709. The predicted octanol–water partition coefficient (Wildman–Crippen LogP) is 2.66. The van der Waals surface area contributed by atoms with E-state index in [-0.39, 0.29) is 0 Å². The highest BCUT2D eigenvalue weighted by Gasteiger charge is 2.17. The van der Waals surface area contributed by atoms with Crippen LogP contribution < -0.4 is 5.32 Å². The maximum Gasteiger partial charge on any atom is 0.0146 e. The first-order valence-electron chi connectivity index (χ1n) is 5.19. The lowest BCUT2D eigenvalue weighted by Gasteiger charge is -2.15. The van der Waals surface area contributed by atoms with Crippen LogP contribution in [0.2, 0.25) is 0 Å². The highest BCUT2D eigenvalue weighted by molar-refractivity contribution is 8.00. The van der Waals surface area contributed by atoms with E-state index in [9.17, 15) is 0 Å². The molecule has 72 valence electrons. The largest absolute Gasteiger partial charge is 0.316 e. The van der Waals surface area contributed by atoms with Gasteiger partial charge in [-0.05, 0) is 19.4 Å². The lowest BCUT2D eigenvalue weighted by atomic mass is 10.4. The molecule has 1 nitrogen and oxygen atoms in total. The Morgan fingerprint density at radius 1 is 1.42 bits per heavy atom. The van der Waals surface area contributed by atoms with Gasteiger partial charge in [0.05, 0.1) is 0 Å². The molecule has 1 fully saturated rings. The van der Waals surface area contributed by atoms with E-state index in [2.05, 4.69) is 30.9 Å². The molecule has 1 aliphatic carbocycles. The van der Waals surface area contributed by atoms with Crippen LogP contribution in [0.15, 0.2) is 0 Å². The van der Waals surface area contributed by atoms with Crippen LogP contribution in [0.1, 0.15) is 39.5 Å². The van der Waals surface area contributed by atoms with E-state index in [0.29, 0.717) is 0 Å². The summed E-state index contributed by atoms with van der Waals surface area (Å²) in [5, 5.41) is 5.17. The van der Waals surface area contributed by atoms with Gasteiger partial charge in [-0.2, -0.15) is 11.8 Å². The normalized spacial score (nSPS) is 21.5. The van der Waals surface area contributed by atoms with Crippen molar-refractivity contribution in [2.75, 3.05) is 13.1 Å². The van der Waals surface area contributed by atoms with Crippen LogP contribution in [0.3, 0.4) is 0 Å². The van der Waals surface area contributed by atoms with Gasteiger partial charge < -0.3 is 5.32 Å². The Balaban J connectivity index is 2.03. The second-order valence-electron chi connectivity index (χ2n) is 3.66. The highest BCUT2D eigenvalue weighted by Crippen LogP contribution is 2.31. The molecule has 0 heterocycles. The molecule has 1 rings (SSSR count). The molecule has 1 atom stereocenters. The first-order valence-corrected chi connectivity index (χ1v) is 6.13. The van der Waals surface area contributed by atoms with Gasteiger partial charge in [-0.3, -0.25) is 0 Å². The highest BCUT2D eigenvalue weighted by atomic mass is 32.2. The zero-order valence-electron chi connectivity index (χ0n) is 8.31. The van der Waals surface area contributed by atoms with E-state index < -0.39 is 0 Å². The van der Waals surface area contributed by atoms with Crippen LogP contribution in [0.5, 0.6) is 0 Å². The maximum absolute atomic E-state index is 3.40. The number of thioether (sulfide) groups is 1. The van der Waals surface area contributed by atoms with E-state index >= 15 is 0 Å². The summed E-state index contributed by atoms with van der Waals surface area (Å²) in [6.45, 7) is 6.80. The molecule has 0 spiro atoms. The Labute approximate surface area is 80.7 Å². The Morgan fingerprint density at radius 3 is 2.67 bits per heavy atom. The molecule has 1 unspecified atom stereocenters. The molecule has 1 N–H and O–H groups in total. The fourth-order valence-electron chi connectivity index (χ4n) is 1.75. The van der Waals surface area contributed by atoms with Crippen molar-refractivity contribution >= 4 is 11.8 Å². The summed E-state index contributed by atoms with van der Waals surface area (Å²) < 4.78 is 0. The molecule has 0 saturated heterocycles. The second-order valence-corrected chi connectivity index (χ2v) is 5.40. The van der Waals surface area contributed by atoms with Gasteiger partial charge in [0.25, 0.3) is 0 Å². The molecule has 0 aromatic carbocycles. The molecule has 0 aromatic heterocycles. The van der Waals surface area contributed by atoms with Crippen molar-refractivity contribution in [1.82, 2.24) is 5.32 Å². The maximum atomic E-state index is 3.40. The van der Waals surface area contributed by atoms with Crippen molar-refractivity contribution in [3.05, 3.63) is 0 Å². The van der Waals surface area contributed by atoms with Crippen LogP contribution in [-0.2, 0) is 0 Å². The standard InChI is InChI=1S/C10H21NS/c1-3-11-8-9(2)12-10-6-4-5-7-10/h9-11H,3-8H2,1-2H3. The summed E-state index contributed by atoms with van der Waals surface area (Å²) in [5.41, 5.74) is 0. The molecule has 0 radical (unpaired) electrons. The van der Waals surface area contributed by atoms with Crippen LogP contribution in [0.25, 0.3) is 0 Å². The van der Waals surface area contributed by atoms with Crippen LogP contribution in [-0.4, -0.2) is 23.6 Å². The summed E-state index contributed by atoms with van der Waals surface area (Å²) in [5.74, 6) is 0. The first-order chi connectivity index (χ1) is 5.83. The van der Waals surface area contributed by atoms with Crippen molar-refractivity contribution in [2.24, 2.45) is 0 Å². The SMILES string of the molecule is CCNCC(C)SC1CCCC1. The third-order valence-corrected chi connectivity index (χ3v) is 3.90. The summed E-state index contributed by atoms with van der Waals surface area (Å²) in [6.07, 6.45) is 5.85. The van der Waals surface area contributed by atoms with Crippen LogP contribution in [0.4, 0.5) is 0 Å². The molecule has 0 amide bonds. The third-order valence-electron chi connectivity index (χ3n) is 2.41. The van der Waals surface area contributed by atoms with E-state index in [1.807, 2.05) is 0 Å². The Bertz CT molecular complexity index is 110. The molecule has 2 heteroatoms. The van der Waals surface area contributed by atoms with Crippen LogP contribution >= 0.6 is 11.8 Å². The number of hydrogen-bond donors (Lipinski definition) is 1. The van der Waals surface area contributed by atoms with E-state index in [4.69, 9.17) is 0 Å². The Hall–Kier alpha value is 0.310. The van der Waals surface area contributed by atoms with Gasteiger partial charge in [0.2, 0.25) is 0 Å². The molecular weight excluding hydrogens is 166 g/mol. The zero-order valence-corrected chi connectivity index (χ0v) is 9.12. The third kappa shape index (κ3) is 3.81. The van der Waals surface area contributed by atoms with Crippen LogP contribution in [0, 0.1) is 0 Å². The summed E-state index contributed by atoms with van der Waals surface area (Å²) in [6, 6.07) is 0. The number of rotatable bonds is 5.